The zero-order chi connectivity index (χ0) is 16.8. The summed E-state index contributed by atoms with van der Waals surface area (Å²) in [5, 5.41) is 5.80. The fourth-order valence-corrected chi connectivity index (χ4v) is 2.88. The van der Waals surface area contributed by atoms with Gasteiger partial charge in [0.15, 0.2) is 0 Å². The first-order valence-corrected chi connectivity index (χ1v) is 8.41. The van der Waals surface area contributed by atoms with E-state index in [1.807, 2.05) is 19.9 Å². The molecule has 1 fully saturated rings. The van der Waals surface area contributed by atoms with Crippen LogP contribution in [-0.2, 0) is 4.79 Å². The molecule has 0 bridgehead atoms. The Bertz CT molecular complexity index is 563. The maximum Gasteiger partial charge on any atom is 0.253 e. The molecule has 0 aliphatic heterocycles. The number of hydrogen-bond acceptors (Lipinski definition) is 3. The van der Waals surface area contributed by atoms with Gasteiger partial charge in [-0.1, -0.05) is 32.4 Å². The molecule has 2 rings (SSSR count). The molecule has 0 heterocycles. The summed E-state index contributed by atoms with van der Waals surface area (Å²) in [7, 11) is 0. The van der Waals surface area contributed by atoms with Gasteiger partial charge in [0.2, 0.25) is 5.91 Å². The van der Waals surface area contributed by atoms with Crippen LogP contribution in [0.25, 0.3) is 0 Å². The van der Waals surface area contributed by atoms with Crippen molar-refractivity contribution in [2.75, 3.05) is 11.9 Å². The molecule has 1 aromatic rings. The fourth-order valence-electron chi connectivity index (χ4n) is 2.88. The van der Waals surface area contributed by atoms with Gasteiger partial charge in [-0.3, -0.25) is 9.59 Å². The molecule has 1 aliphatic carbocycles. The summed E-state index contributed by atoms with van der Waals surface area (Å²) in [6.45, 7) is 4.69. The van der Waals surface area contributed by atoms with Gasteiger partial charge in [0.05, 0.1) is 11.3 Å². The SMILES string of the molecule is CC(C)CNC(=O)c1ccccc1NC(=O)C1CCCC(N)C1.Cl. The molecular formula is C18H28ClN3O2. The molecule has 24 heavy (non-hydrogen) atoms. The molecule has 6 heteroatoms. The first kappa shape index (κ1) is 20.5. The highest BCUT2D eigenvalue weighted by atomic mass is 35.5. The highest BCUT2D eigenvalue weighted by Gasteiger charge is 2.26. The maximum atomic E-state index is 12.5. The van der Waals surface area contributed by atoms with Crippen LogP contribution in [0.15, 0.2) is 24.3 Å². The van der Waals surface area contributed by atoms with Crippen LogP contribution in [0.4, 0.5) is 5.69 Å². The molecule has 0 aromatic heterocycles. The summed E-state index contributed by atoms with van der Waals surface area (Å²) in [5.41, 5.74) is 7.03. The number of anilines is 1. The van der Waals surface area contributed by atoms with Gasteiger partial charge in [-0.25, -0.2) is 0 Å². The van der Waals surface area contributed by atoms with E-state index in [1.165, 1.54) is 0 Å². The number of nitrogens with two attached hydrogens (primary N) is 1. The molecule has 134 valence electrons. The van der Waals surface area contributed by atoms with Crippen LogP contribution in [0.1, 0.15) is 49.9 Å². The molecule has 1 aliphatic rings. The van der Waals surface area contributed by atoms with Crippen molar-refractivity contribution in [3.05, 3.63) is 29.8 Å². The molecule has 0 saturated heterocycles. The van der Waals surface area contributed by atoms with Crippen molar-refractivity contribution in [1.29, 1.82) is 0 Å². The third kappa shape index (κ3) is 5.80. The highest BCUT2D eigenvalue weighted by Crippen LogP contribution is 2.25. The number of halogens is 1. The molecule has 4 N–H and O–H groups in total. The molecule has 1 aromatic carbocycles. The number of rotatable bonds is 5. The van der Waals surface area contributed by atoms with Gasteiger partial charge in [0.1, 0.15) is 0 Å². The second kappa shape index (κ2) is 9.64. The Morgan fingerprint density at radius 2 is 1.96 bits per heavy atom. The number of carbonyl (C=O) groups excluding carboxylic acids is 2. The number of nitrogens with one attached hydrogen (secondary N) is 2. The van der Waals surface area contributed by atoms with E-state index in [4.69, 9.17) is 5.73 Å². The standard InChI is InChI=1S/C18H27N3O2.ClH/c1-12(2)11-20-18(23)15-8-3-4-9-16(15)21-17(22)13-6-5-7-14(19)10-13;/h3-4,8-9,12-14H,5-7,10-11,19H2,1-2H3,(H,20,23)(H,21,22);1H. The zero-order valence-corrected chi connectivity index (χ0v) is 15.2. The van der Waals surface area contributed by atoms with Crippen LogP contribution >= 0.6 is 12.4 Å². The van der Waals surface area contributed by atoms with Crippen molar-refractivity contribution >= 4 is 29.9 Å². The van der Waals surface area contributed by atoms with Crippen molar-refractivity contribution in [1.82, 2.24) is 5.32 Å². The molecule has 5 nitrogen and oxygen atoms in total. The van der Waals surface area contributed by atoms with Crippen molar-refractivity contribution in [3.63, 3.8) is 0 Å². The Morgan fingerprint density at radius 3 is 2.62 bits per heavy atom. The number of hydrogen-bond donors (Lipinski definition) is 3. The van der Waals surface area contributed by atoms with Crippen LogP contribution in [-0.4, -0.2) is 24.4 Å². The zero-order valence-electron chi connectivity index (χ0n) is 14.4. The van der Waals surface area contributed by atoms with E-state index >= 15 is 0 Å². The van der Waals surface area contributed by atoms with Gasteiger partial charge in [-0.05, 0) is 37.3 Å². The van der Waals surface area contributed by atoms with E-state index in [0.717, 1.165) is 19.3 Å². The van der Waals surface area contributed by atoms with Crippen LogP contribution in [0.2, 0.25) is 0 Å². The quantitative estimate of drug-likeness (QED) is 0.760. The molecular weight excluding hydrogens is 326 g/mol. The summed E-state index contributed by atoms with van der Waals surface area (Å²) < 4.78 is 0. The van der Waals surface area contributed by atoms with E-state index in [9.17, 15) is 9.59 Å². The lowest BCUT2D eigenvalue weighted by Crippen LogP contribution is -2.35. The summed E-state index contributed by atoms with van der Waals surface area (Å²) in [4.78, 5) is 24.8. The minimum atomic E-state index is -0.157. The van der Waals surface area contributed by atoms with Crippen LogP contribution in [0.3, 0.4) is 0 Å². The summed E-state index contributed by atoms with van der Waals surface area (Å²) in [6.07, 6.45) is 3.54. The lowest BCUT2D eigenvalue weighted by molar-refractivity contribution is -0.120. The van der Waals surface area contributed by atoms with Crippen LogP contribution < -0.4 is 16.4 Å². The van der Waals surface area contributed by atoms with Gasteiger partial charge >= 0.3 is 0 Å². The van der Waals surface area contributed by atoms with E-state index in [-0.39, 0.29) is 36.2 Å². The Hall–Kier alpha value is -1.59. The smallest absolute Gasteiger partial charge is 0.253 e. The van der Waals surface area contributed by atoms with Crippen molar-refractivity contribution in [2.24, 2.45) is 17.6 Å². The van der Waals surface area contributed by atoms with E-state index < -0.39 is 0 Å². The lowest BCUT2D eigenvalue weighted by atomic mass is 9.85. The van der Waals surface area contributed by atoms with Crippen LogP contribution in [0, 0.1) is 11.8 Å². The fraction of sp³-hybridized carbons (Fsp3) is 0.556. The molecule has 2 atom stereocenters. The summed E-state index contributed by atoms with van der Waals surface area (Å²) in [6, 6.07) is 7.23. The highest BCUT2D eigenvalue weighted by molar-refractivity contribution is 6.04. The molecule has 0 spiro atoms. The monoisotopic (exact) mass is 353 g/mol. The number of amides is 2. The summed E-state index contributed by atoms with van der Waals surface area (Å²) in [5.74, 6) is 0.120. The van der Waals surface area contributed by atoms with Gasteiger partial charge in [0.25, 0.3) is 5.91 Å². The Balaban J connectivity index is 0.00000288. The van der Waals surface area contributed by atoms with Crippen molar-refractivity contribution in [3.8, 4) is 0 Å². The number of para-hydroxylation sites is 1. The third-order valence-corrected chi connectivity index (χ3v) is 4.19. The van der Waals surface area contributed by atoms with E-state index in [1.54, 1.807) is 18.2 Å². The van der Waals surface area contributed by atoms with Gasteiger partial charge in [-0.2, -0.15) is 0 Å². The second-order valence-corrected chi connectivity index (χ2v) is 6.76. The predicted octanol–water partition coefficient (Wildman–Crippen LogP) is 2.95. The van der Waals surface area contributed by atoms with Crippen molar-refractivity contribution in [2.45, 2.75) is 45.6 Å². The summed E-state index contributed by atoms with van der Waals surface area (Å²) >= 11 is 0. The minimum Gasteiger partial charge on any atom is -0.352 e. The minimum absolute atomic E-state index is 0. The third-order valence-electron chi connectivity index (χ3n) is 4.19. The predicted molar refractivity (Wildman–Crippen MR) is 99.4 cm³/mol. The topological polar surface area (TPSA) is 84.2 Å². The molecule has 2 amide bonds. The van der Waals surface area contributed by atoms with Gasteiger partial charge in [-0.15, -0.1) is 12.4 Å². The average molecular weight is 354 g/mol. The first-order chi connectivity index (χ1) is 11.0. The average Bonchev–Trinajstić information content (AvgIpc) is 2.53. The van der Waals surface area contributed by atoms with Crippen LogP contribution in [0.5, 0.6) is 0 Å². The van der Waals surface area contributed by atoms with E-state index in [2.05, 4.69) is 10.6 Å². The normalized spacial score (nSPS) is 20.2. The number of carbonyl (C=O) groups is 2. The molecule has 2 unspecified atom stereocenters. The molecule has 0 radical (unpaired) electrons. The Morgan fingerprint density at radius 1 is 1.25 bits per heavy atom. The Kier molecular flexibility index (Phi) is 8.22. The Labute approximate surface area is 150 Å². The second-order valence-electron chi connectivity index (χ2n) is 6.76. The van der Waals surface area contributed by atoms with Gasteiger partial charge < -0.3 is 16.4 Å². The first-order valence-electron chi connectivity index (χ1n) is 8.41. The van der Waals surface area contributed by atoms with Gasteiger partial charge in [0, 0.05) is 18.5 Å². The van der Waals surface area contributed by atoms with E-state index in [0.29, 0.717) is 30.1 Å². The maximum absolute atomic E-state index is 12.5. The number of benzene rings is 1. The largest absolute Gasteiger partial charge is 0.352 e. The molecule has 1 saturated carbocycles. The van der Waals surface area contributed by atoms with Crippen molar-refractivity contribution < 1.29 is 9.59 Å². The lowest BCUT2D eigenvalue weighted by Gasteiger charge is -2.26.